The zero-order chi connectivity index (χ0) is 8.55. The number of benzene rings is 1. The molecule has 1 aromatic carbocycles. The minimum absolute atomic E-state index is 0.487. The van der Waals surface area contributed by atoms with Crippen LogP contribution in [0.1, 0.15) is 29.9 Å². The van der Waals surface area contributed by atoms with Crippen molar-refractivity contribution in [2.45, 2.75) is 18.8 Å². The fourth-order valence-corrected chi connectivity index (χ4v) is 1.66. The molecule has 0 aromatic heterocycles. The molecule has 1 nitrogen and oxygen atoms in total. The van der Waals surface area contributed by atoms with Crippen molar-refractivity contribution in [3.8, 4) is 0 Å². The summed E-state index contributed by atoms with van der Waals surface area (Å²) in [5, 5.41) is 0.593. The molecule has 0 N–H and O–H groups in total. The van der Waals surface area contributed by atoms with E-state index in [0.717, 1.165) is 5.56 Å². The maximum absolute atomic E-state index is 10.4. The normalized spacial score (nSPS) is 16.1. The highest BCUT2D eigenvalue weighted by atomic mass is 35.5. The summed E-state index contributed by atoms with van der Waals surface area (Å²) in [5.74, 6) is 0.589. The van der Waals surface area contributed by atoms with Crippen molar-refractivity contribution in [1.29, 1.82) is 0 Å². The molecule has 2 rings (SSSR count). The van der Waals surface area contributed by atoms with Crippen molar-refractivity contribution in [3.63, 3.8) is 0 Å². The Balaban J connectivity index is 2.47. The first-order valence-corrected chi connectivity index (χ1v) is 4.37. The summed E-state index contributed by atoms with van der Waals surface area (Å²) in [6, 6.07) is 5.54. The fourth-order valence-electron chi connectivity index (χ4n) is 1.34. The Labute approximate surface area is 76.4 Å². The van der Waals surface area contributed by atoms with Crippen molar-refractivity contribution < 1.29 is 4.79 Å². The fraction of sp³-hybridized carbons (Fsp3) is 0.300. The van der Waals surface area contributed by atoms with Crippen LogP contribution < -0.4 is 0 Å². The smallest absolute Gasteiger partial charge is 0.235 e. The Morgan fingerprint density at radius 1 is 1.42 bits per heavy atom. The molecule has 0 heterocycles. The van der Waals surface area contributed by atoms with E-state index in [0.29, 0.717) is 16.5 Å². The Kier molecular flexibility index (Phi) is 1.89. The van der Waals surface area contributed by atoms with Gasteiger partial charge >= 0.3 is 0 Å². The summed E-state index contributed by atoms with van der Waals surface area (Å²) in [7, 11) is 0. The highest BCUT2D eigenvalue weighted by molar-refractivity contribution is 6.33. The van der Waals surface area contributed by atoms with Crippen molar-refractivity contribution in [2.24, 2.45) is 0 Å². The molecule has 61 valence electrons. The molecule has 1 radical (unpaired) electrons. The lowest BCUT2D eigenvalue weighted by Gasteiger charge is -2.02. The largest absolute Gasteiger partial charge is 0.285 e. The van der Waals surface area contributed by atoms with Gasteiger partial charge in [-0.1, -0.05) is 23.7 Å². The van der Waals surface area contributed by atoms with Gasteiger partial charge in [0.2, 0.25) is 6.29 Å². The lowest BCUT2D eigenvalue weighted by Crippen LogP contribution is -1.87. The van der Waals surface area contributed by atoms with Crippen LogP contribution in [-0.2, 0) is 4.79 Å². The van der Waals surface area contributed by atoms with E-state index < -0.39 is 0 Å². The molecule has 2 heteroatoms. The minimum Gasteiger partial charge on any atom is -0.285 e. The van der Waals surface area contributed by atoms with Gasteiger partial charge in [0.1, 0.15) is 0 Å². The van der Waals surface area contributed by atoms with Crippen LogP contribution in [0, 0.1) is 0 Å². The summed E-state index contributed by atoms with van der Waals surface area (Å²) in [4.78, 5) is 10.4. The minimum atomic E-state index is 0.487. The third-order valence-electron chi connectivity index (χ3n) is 2.16. The summed E-state index contributed by atoms with van der Waals surface area (Å²) in [6.07, 6.45) is 4.23. The Bertz CT molecular complexity index is 316. The molecule has 0 atom stereocenters. The van der Waals surface area contributed by atoms with Gasteiger partial charge in [0, 0.05) is 5.56 Å². The predicted octanol–water partition coefficient (Wildman–Crippen LogP) is 2.68. The second-order valence-electron chi connectivity index (χ2n) is 3.09. The van der Waals surface area contributed by atoms with Gasteiger partial charge < -0.3 is 0 Å². The third-order valence-corrected chi connectivity index (χ3v) is 2.58. The van der Waals surface area contributed by atoms with Gasteiger partial charge in [0.25, 0.3) is 0 Å². The Hall–Kier alpha value is -0.820. The quantitative estimate of drug-likeness (QED) is 0.682. The number of halogens is 1. The van der Waals surface area contributed by atoms with Crippen molar-refractivity contribution in [2.75, 3.05) is 0 Å². The third kappa shape index (κ3) is 1.25. The number of rotatable bonds is 2. The second kappa shape index (κ2) is 2.91. The molecule has 1 aromatic rings. The van der Waals surface area contributed by atoms with E-state index in [2.05, 4.69) is 0 Å². The Morgan fingerprint density at radius 3 is 2.75 bits per heavy atom. The molecular weight excluding hydrogens is 172 g/mol. The number of hydrogen-bond donors (Lipinski definition) is 0. The van der Waals surface area contributed by atoms with E-state index in [4.69, 9.17) is 11.6 Å². The average molecular weight is 180 g/mol. The van der Waals surface area contributed by atoms with Gasteiger partial charge in [-0.2, -0.15) is 0 Å². The summed E-state index contributed by atoms with van der Waals surface area (Å²) >= 11 is 5.98. The van der Waals surface area contributed by atoms with Crippen LogP contribution in [0.25, 0.3) is 0 Å². The molecule has 12 heavy (non-hydrogen) atoms. The summed E-state index contributed by atoms with van der Waals surface area (Å²) in [5.41, 5.74) is 1.60. The number of carbonyl (C=O) groups excluding carboxylic acids is 1. The van der Waals surface area contributed by atoms with E-state index in [9.17, 15) is 4.79 Å². The lowest BCUT2D eigenvalue weighted by molar-refractivity contribution is 0.562. The van der Waals surface area contributed by atoms with E-state index in [-0.39, 0.29) is 0 Å². The van der Waals surface area contributed by atoms with Gasteiger partial charge in [0.05, 0.1) is 5.02 Å². The molecule has 0 aliphatic heterocycles. The zero-order valence-corrected chi connectivity index (χ0v) is 7.27. The van der Waals surface area contributed by atoms with Crippen LogP contribution in [0.5, 0.6) is 0 Å². The van der Waals surface area contributed by atoms with E-state index in [1.807, 2.05) is 18.4 Å². The second-order valence-corrected chi connectivity index (χ2v) is 3.46. The molecule has 1 saturated carbocycles. The van der Waals surface area contributed by atoms with Crippen molar-refractivity contribution in [1.82, 2.24) is 0 Å². The molecule has 0 amide bonds. The molecule has 0 saturated heterocycles. The standard InChI is InChI=1S/C10H8ClO/c11-10-8(6-12)2-1-3-9(10)7-4-5-7/h1-3,7H,4-5H2. The molecular formula is C10H8ClO. The van der Waals surface area contributed by atoms with E-state index in [1.54, 1.807) is 6.07 Å². The first kappa shape index (κ1) is 7.81. The van der Waals surface area contributed by atoms with Gasteiger partial charge in [-0.05, 0) is 30.4 Å². The van der Waals surface area contributed by atoms with E-state index >= 15 is 0 Å². The first-order chi connectivity index (χ1) is 5.83. The summed E-state index contributed by atoms with van der Waals surface area (Å²) < 4.78 is 0. The maximum atomic E-state index is 10.4. The van der Waals surface area contributed by atoms with Crippen LogP contribution in [0.2, 0.25) is 5.02 Å². The van der Waals surface area contributed by atoms with Crippen LogP contribution in [-0.4, -0.2) is 6.29 Å². The molecule has 1 aliphatic rings. The molecule has 1 aliphatic carbocycles. The zero-order valence-electron chi connectivity index (χ0n) is 6.51. The van der Waals surface area contributed by atoms with Crippen LogP contribution in [0.3, 0.4) is 0 Å². The van der Waals surface area contributed by atoms with Crippen molar-refractivity contribution >= 4 is 17.9 Å². The highest BCUT2D eigenvalue weighted by Crippen LogP contribution is 2.43. The predicted molar refractivity (Wildman–Crippen MR) is 48.2 cm³/mol. The summed E-state index contributed by atoms with van der Waals surface area (Å²) in [6.45, 7) is 0. The van der Waals surface area contributed by atoms with Gasteiger partial charge in [-0.3, -0.25) is 4.79 Å². The average Bonchev–Trinajstić information content (AvgIpc) is 2.88. The highest BCUT2D eigenvalue weighted by Gasteiger charge is 2.26. The topological polar surface area (TPSA) is 17.1 Å². The van der Waals surface area contributed by atoms with Gasteiger partial charge in [0.15, 0.2) is 0 Å². The molecule has 1 fully saturated rings. The van der Waals surface area contributed by atoms with Crippen LogP contribution >= 0.6 is 11.6 Å². The van der Waals surface area contributed by atoms with Gasteiger partial charge in [-0.15, -0.1) is 0 Å². The monoisotopic (exact) mass is 179 g/mol. The van der Waals surface area contributed by atoms with Crippen molar-refractivity contribution in [3.05, 3.63) is 34.3 Å². The maximum Gasteiger partial charge on any atom is 0.235 e. The van der Waals surface area contributed by atoms with Crippen LogP contribution in [0.4, 0.5) is 0 Å². The Morgan fingerprint density at radius 2 is 2.17 bits per heavy atom. The number of hydrogen-bond acceptors (Lipinski definition) is 1. The molecule has 0 spiro atoms. The SMILES string of the molecule is O=[C]c1cccc(C2CC2)c1Cl. The first-order valence-electron chi connectivity index (χ1n) is 3.99. The van der Waals surface area contributed by atoms with E-state index in [1.165, 1.54) is 12.8 Å². The van der Waals surface area contributed by atoms with Crippen LogP contribution in [0.15, 0.2) is 18.2 Å². The lowest BCUT2D eigenvalue weighted by atomic mass is 10.1. The molecule has 0 unspecified atom stereocenters. The van der Waals surface area contributed by atoms with Gasteiger partial charge in [-0.25, -0.2) is 0 Å². The molecule has 0 bridgehead atoms.